The fraction of sp³-hybridized carbons (Fsp3) is 0.867. The molecule has 0 N–H and O–H groups in total. The fourth-order valence-electron chi connectivity index (χ4n) is 4.43. The van der Waals surface area contributed by atoms with Crippen molar-refractivity contribution in [2.75, 3.05) is 6.79 Å². The van der Waals surface area contributed by atoms with E-state index in [4.69, 9.17) is 4.74 Å². The molecule has 4 nitrogen and oxygen atoms in total. The summed E-state index contributed by atoms with van der Waals surface area (Å²) in [6, 6.07) is 0. The lowest BCUT2D eigenvalue weighted by molar-refractivity contribution is -0.358. The molecule has 0 heterocycles. The highest BCUT2D eigenvalue weighted by atomic mass is 19.3. The van der Waals surface area contributed by atoms with E-state index in [0.29, 0.717) is 19.3 Å². The topological polar surface area (TPSA) is 52.6 Å². The molecule has 8 heteroatoms. The molecule has 0 aromatic heterocycles. The van der Waals surface area contributed by atoms with E-state index in [1.54, 1.807) is 0 Å². The monoisotopic (exact) mass is 338 g/mol. The van der Waals surface area contributed by atoms with Gasteiger partial charge < -0.3 is 4.74 Å². The lowest BCUT2D eigenvalue weighted by Crippen LogP contribution is -2.55. The Hall–Kier alpha value is -1.18. The molecule has 2 unspecified atom stereocenters. The molecule has 0 radical (unpaired) electrons. The van der Waals surface area contributed by atoms with Gasteiger partial charge in [-0.2, -0.15) is 17.6 Å². The van der Waals surface area contributed by atoms with Gasteiger partial charge in [-0.1, -0.05) is 0 Å². The van der Waals surface area contributed by atoms with E-state index in [0.717, 1.165) is 12.8 Å². The van der Waals surface area contributed by atoms with Crippen LogP contribution in [-0.2, 0) is 19.1 Å². The number of rotatable bonds is 5. The highest BCUT2D eigenvalue weighted by molar-refractivity contribution is 5.89. The molecule has 4 saturated carbocycles. The maximum atomic E-state index is 13.0. The molecule has 0 aromatic rings. The third-order valence-corrected chi connectivity index (χ3v) is 5.37. The Kier molecular flexibility index (Phi) is 3.74. The van der Waals surface area contributed by atoms with Gasteiger partial charge in [-0.15, -0.1) is 0 Å². The number of ketones is 1. The molecule has 23 heavy (non-hydrogen) atoms. The molecule has 0 aromatic carbocycles. The number of hydrogen-bond acceptors (Lipinski definition) is 4. The summed E-state index contributed by atoms with van der Waals surface area (Å²) in [7, 11) is 0. The Morgan fingerprint density at radius 1 is 1.17 bits per heavy atom. The van der Waals surface area contributed by atoms with Crippen molar-refractivity contribution in [1.29, 1.82) is 0 Å². The summed E-state index contributed by atoms with van der Waals surface area (Å²) in [4.78, 5) is 24.3. The highest BCUT2D eigenvalue weighted by Crippen LogP contribution is 2.59. The summed E-state index contributed by atoms with van der Waals surface area (Å²) >= 11 is 0. The van der Waals surface area contributed by atoms with Crippen molar-refractivity contribution in [1.82, 2.24) is 0 Å². The first kappa shape index (κ1) is 16.7. The van der Waals surface area contributed by atoms with E-state index < -0.39 is 30.2 Å². The van der Waals surface area contributed by atoms with Crippen molar-refractivity contribution >= 4 is 11.8 Å². The third-order valence-electron chi connectivity index (χ3n) is 5.37. The summed E-state index contributed by atoms with van der Waals surface area (Å²) in [6.45, 7) is -1.20. The lowest BCUT2D eigenvalue weighted by atomic mass is 9.49. The molecule has 130 valence electrons. The predicted octanol–water partition coefficient (Wildman–Crippen LogP) is 3.15. The van der Waals surface area contributed by atoms with E-state index in [-0.39, 0.29) is 30.5 Å². The zero-order valence-corrected chi connectivity index (χ0v) is 12.6. The number of Topliss-reactive ketones (excluding diaryl/α,β-unsaturated/α-hetero) is 1. The normalized spacial score (nSPS) is 36.4. The predicted molar refractivity (Wildman–Crippen MR) is 68.6 cm³/mol. The molecular weight excluding hydrogens is 320 g/mol. The molecule has 0 aliphatic heterocycles. The van der Waals surface area contributed by atoms with Crippen molar-refractivity contribution < 1.29 is 36.6 Å². The van der Waals surface area contributed by atoms with Crippen LogP contribution in [0, 0.1) is 23.2 Å². The number of esters is 1. The Bertz CT molecular complexity index is 510. The van der Waals surface area contributed by atoms with Gasteiger partial charge in [0.1, 0.15) is 5.78 Å². The molecular formula is C15H18F4O4. The van der Waals surface area contributed by atoms with Crippen molar-refractivity contribution in [3.05, 3.63) is 0 Å². The maximum absolute atomic E-state index is 13.0. The smallest absolute Gasteiger partial charge is 0.421 e. The van der Waals surface area contributed by atoms with Gasteiger partial charge in [0, 0.05) is 18.8 Å². The molecule has 2 atom stereocenters. The van der Waals surface area contributed by atoms with Crippen LogP contribution in [0.2, 0.25) is 0 Å². The van der Waals surface area contributed by atoms with Crippen molar-refractivity contribution in [2.24, 2.45) is 23.2 Å². The molecule has 0 saturated heterocycles. The van der Waals surface area contributed by atoms with Crippen LogP contribution in [0.5, 0.6) is 0 Å². The van der Waals surface area contributed by atoms with Crippen LogP contribution < -0.4 is 0 Å². The van der Waals surface area contributed by atoms with Crippen LogP contribution in [-0.4, -0.2) is 30.6 Å². The summed E-state index contributed by atoms with van der Waals surface area (Å²) in [5.74, 6) is -4.99. The summed E-state index contributed by atoms with van der Waals surface area (Å²) < 4.78 is 59.7. The third kappa shape index (κ3) is 2.75. The van der Waals surface area contributed by atoms with Crippen LogP contribution >= 0.6 is 0 Å². The zero-order valence-electron chi connectivity index (χ0n) is 12.6. The molecule has 4 aliphatic carbocycles. The van der Waals surface area contributed by atoms with Gasteiger partial charge in [-0.3, -0.25) is 14.3 Å². The van der Waals surface area contributed by atoms with E-state index in [1.165, 1.54) is 0 Å². The van der Waals surface area contributed by atoms with E-state index in [9.17, 15) is 27.2 Å². The Morgan fingerprint density at radius 2 is 1.74 bits per heavy atom. The van der Waals surface area contributed by atoms with Crippen LogP contribution in [0.1, 0.15) is 39.0 Å². The number of halogens is 4. The molecule has 0 amide bonds. The summed E-state index contributed by atoms with van der Waals surface area (Å²) in [5.41, 5.74) is -0.849. The SMILES string of the molecule is CC(F)(F)C(F)(F)OCOC(=O)C12CC3CC(C1)C(=O)C(C3)C2. The number of carbonyl (C=O) groups excluding carboxylic acids is 2. The quantitative estimate of drug-likeness (QED) is 0.439. The van der Waals surface area contributed by atoms with Crippen LogP contribution in [0.25, 0.3) is 0 Å². The molecule has 4 fully saturated rings. The first-order valence-electron chi connectivity index (χ1n) is 7.65. The first-order valence-corrected chi connectivity index (χ1v) is 7.65. The molecule has 0 spiro atoms. The Labute approximate surface area is 130 Å². The number of alkyl halides is 4. The maximum Gasteiger partial charge on any atom is 0.421 e. The standard InChI is InChI=1S/C15H18F4O4/c1-13(16,17)15(18,19)23-7-22-12(21)14-4-8-2-9(5-14)11(20)10(3-8)6-14/h8-10H,2-7H2,1H3. The second kappa shape index (κ2) is 5.16. The minimum atomic E-state index is -4.70. The summed E-state index contributed by atoms with van der Waals surface area (Å²) in [6.07, 6.45) is -1.89. The van der Waals surface area contributed by atoms with Crippen molar-refractivity contribution in [2.45, 2.75) is 51.1 Å². The fourth-order valence-corrected chi connectivity index (χ4v) is 4.43. The van der Waals surface area contributed by atoms with Gasteiger partial charge in [-0.05, 0) is 38.0 Å². The minimum Gasteiger partial charge on any atom is -0.438 e. The average Bonchev–Trinajstić information content (AvgIpc) is 2.42. The van der Waals surface area contributed by atoms with Gasteiger partial charge >= 0.3 is 18.0 Å². The van der Waals surface area contributed by atoms with Gasteiger partial charge in [0.05, 0.1) is 5.41 Å². The number of hydrogen-bond donors (Lipinski definition) is 0. The second-order valence-electron chi connectivity index (χ2n) is 7.13. The second-order valence-corrected chi connectivity index (χ2v) is 7.13. The van der Waals surface area contributed by atoms with Gasteiger partial charge in [0.25, 0.3) is 0 Å². The number of ether oxygens (including phenoxy) is 2. The van der Waals surface area contributed by atoms with E-state index >= 15 is 0 Å². The van der Waals surface area contributed by atoms with Crippen LogP contribution in [0.3, 0.4) is 0 Å². The van der Waals surface area contributed by atoms with Gasteiger partial charge in [0.2, 0.25) is 0 Å². The highest BCUT2D eigenvalue weighted by Gasteiger charge is 2.59. The van der Waals surface area contributed by atoms with E-state index in [1.807, 2.05) is 0 Å². The van der Waals surface area contributed by atoms with Crippen molar-refractivity contribution in [3.63, 3.8) is 0 Å². The van der Waals surface area contributed by atoms with Gasteiger partial charge in [0.15, 0.2) is 6.79 Å². The number of carbonyl (C=O) groups is 2. The zero-order chi connectivity index (χ0) is 17.0. The molecule has 4 bridgehead atoms. The Balaban J connectivity index is 1.60. The van der Waals surface area contributed by atoms with E-state index in [2.05, 4.69) is 4.74 Å². The largest absolute Gasteiger partial charge is 0.438 e. The minimum absolute atomic E-state index is 0.0273. The lowest BCUT2D eigenvalue weighted by Gasteiger charge is -2.53. The first-order chi connectivity index (χ1) is 10.5. The Morgan fingerprint density at radius 3 is 2.26 bits per heavy atom. The van der Waals surface area contributed by atoms with Crippen molar-refractivity contribution in [3.8, 4) is 0 Å². The summed E-state index contributed by atoms with van der Waals surface area (Å²) in [5, 5.41) is 0. The molecule has 4 aliphatic rings. The van der Waals surface area contributed by atoms with Gasteiger partial charge in [-0.25, -0.2) is 0 Å². The van der Waals surface area contributed by atoms with Crippen LogP contribution in [0.4, 0.5) is 17.6 Å². The van der Waals surface area contributed by atoms with Crippen LogP contribution in [0.15, 0.2) is 0 Å². The molecule has 4 rings (SSSR count). The average molecular weight is 338 g/mol.